The number of phenols is 1. The maximum absolute atomic E-state index is 12.4. The molecule has 0 unspecified atom stereocenters. The zero-order chi connectivity index (χ0) is 22.8. The van der Waals surface area contributed by atoms with Gasteiger partial charge in [0.1, 0.15) is 12.4 Å². The first-order chi connectivity index (χ1) is 14.5. The molecule has 1 aliphatic heterocycles. The molecule has 0 saturated heterocycles. The van der Waals surface area contributed by atoms with Crippen LogP contribution < -0.4 is 20.3 Å². The second-order valence-corrected chi connectivity index (χ2v) is 7.18. The molecule has 12 heteroatoms. The highest BCUT2D eigenvalue weighted by molar-refractivity contribution is 6.55. The van der Waals surface area contributed by atoms with E-state index in [-0.39, 0.29) is 35.3 Å². The van der Waals surface area contributed by atoms with Crippen LogP contribution in [0.3, 0.4) is 0 Å². The van der Waals surface area contributed by atoms with Crippen LogP contribution in [0, 0.1) is 11.3 Å². The number of halogens is 4. The van der Waals surface area contributed by atoms with Gasteiger partial charge >= 0.3 is 13.8 Å². The number of fused-ring (bicyclic) bond motifs is 1. The first-order valence-corrected chi connectivity index (χ1v) is 9.11. The summed E-state index contributed by atoms with van der Waals surface area (Å²) in [6.45, 7) is 1.25. The van der Waals surface area contributed by atoms with E-state index >= 15 is 0 Å². The molecule has 1 radical (unpaired) electrons. The third kappa shape index (κ3) is 5.34. The van der Waals surface area contributed by atoms with Crippen molar-refractivity contribution in [3.05, 3.63) is 46.5 Å². The van der Waals surface area contributed by atoms with Crippen LogP contribution in [-0.2, 0) is 11.3 Å². The minimum atomic E-state index is -4.85. The number of nitrogens with zero attached hydrogens (tertiary/aromatic N) is 1. The number of hydrogen-bond donors (Lipinski definition) is 2. The highest BCUT2D eigenvalue weighted by Gasteiger charge is 2.32. The number of aromatic hydroxyl groups is 1. The van der Waals surface area contributed by atoms with Gasteiger partial charge in [0.2, 0.25) is 0 Å². The molecule has 0 spiro atoms. The van der Waals surface area contributed by atoms with Gasteiger partial charge in [0.15, 0.2) is 17.0 Å². The van der Waals surface area contributed by atoms with Crippen molar-refractivity contribution in [3.63, 3.8) is 0 Å². The van der Waals surface area contributed by atoms with E-state index in [1.165, 1.54) is 20.5 Å². The molecule has 161 valence electrons. The summed E-state index contributed by atoms with van der Waals surface area (Å²) in [7, 11) is 1.42. The fourth-order valence-corrected chi connectivity index (χ4v) is 3.04. The minimum Gasteiger partial charge on any atom is -0.504 e. The van der Waals surface area contributed by atoms with Crippen LogP contribution in [0.4, 0.5) is 13.2 Å². The van der Waals surface area contributed by atoms with Crippen molar-refractivity contribution >= 4 is 30.5 Å². The molecule has 1 atom stereocenters. The largest absolute Gasteiger partial charge is 0.573 e. The molecule has 31 heavy (non-hydrogen) atoms. The number of hydrogen-bond acceptors (Lipinski definition) is 6. The van der Waals surface area contributed by atoms with Crippen molar-refractivity contribution in [3.8, 4) is 23.3 Å². The Labute approximate surface area is 180 Å². The second-order valence-electron chi connectivity index (χ2n) is 6.80. The van der Waals surface area contributed by atoms with Crippen LogP contribution in [0.2, 0.25) is 5.02 Å². The van der Waals surface area contributed by atoms with Crippen LogP contribution in [0.1, 0.15) is 22.8 Å². The highest BCUT2D eigenvalue weighted by atomic mass is 35.5. The Bertz CT molecular complexity index is 1040. The van der Waals surface area contributed by atoms with Gasteiger partial charge < -0.3 is 24.6 Å². The zero-order valence-electron chi connectivity index (χ0n) is 15.9. The topological polar surface area (TPSA) is 101 Å². The van der Waals surface area contributed by atoms with Gasteiger partial charge in [-0.3, -0.25) is 4.79 Å². The lowest BCUT2D eigenvalue weighted by molar-refractivity contribution is -0.274. The maximum atomic E-state index is 12.4. The molecule has 0 aromatic heterocycles. The smallest absolute Gasteiger partial charge is 0.504 e. The third-order valence-corrected chi connectivity index (χ3v) is 4.63. The number of carbonyl (C=O) groups excluding carboxylic acids is 1. The normalized spacial score (nSPS) is 14.6. The monoisotopic (exact) mass is 453 g/mol. The number of amides is 1. The number of rotatable bonds is 6. The Kier molecular flexibility index (Phi) is 6.24. The van der Waals surface area contributed by atoms with Crippen LogP contribution in [0.25, 0.3) is 0 Å². The van der Waals surface area contributed by atoms with E-state index in [2.05, 4.69) is 10.1 Å². The van der Waals surface area contributed by atoms with E-state index in [0.717, 1.165) is 24.3 Å². The lowest BCUT2D eigenvalue weighted by Crippen LogP contribution is -2.49. The van der Waals surface area contributed by atoms with E-state index in [1.807, 2.05) is 6.07 Å². The Morgan fingerprint density at radius 2 is 2.06 bits per heavy atom. The number of nitriles is 1. The molecule has 2 aromatic rings. The molecule has 1 heterocycles. The maximum Gasteiger partial charge on any atom is 0.573 e. The molecule has 2 aromatic carbocycles. The van der Waals surface area contributed by atoms with Crippen LogP contribution in [0.15, 0.2) is 30.3 Å². The van der Waals surface area contributed by atoms with Crippen molar-refractivity contribution in [2.45, 2.75) is 25.4 Å². The van der Waals surface area contributed by atoms with E-state index in [1.54, 1.807) is 0 Å². The molecule has 2 N–H and O–H groups in total. The van der Waals surface area contributed by atoms with E-state index < -0.39 is 23.6 Å². The first-order valence-electron chi connectivity index (χ1n) is 8.73. The highest BCUT2D eigenvalue weighted by Crippen LogP contribution is 2.36. The molecule has 0 saturated carbocycles. The SMILES string of the molecule is C[C@](C#N)(COc1c(O)cc2c(c1Cl)[B]OC2)NC(=O)c1ccc(OC(F)(F)F)cc1. The number of phenolic OH excluding ortho intramolecular Hbond substituents is 1. The van der Waals surface area contributed by atoms with Gasteiger partial charge in [-0.1, -0.05) is 11.6 Å². The van der Waals surface area contributed by atoms with Gasteiger partial charge in [0, 0.05) is 5.56 Å². The minimum absolute atomic E-state index is 0.00107. The molecule has 3 rings (SSSR count). The van der Waals surface area contributed by atoms with Crippen molar-refractivity contribution in [2.75, 3.05) is 6.61 Å². The van der Waals surface area contributed by atoms with Crippen molar-refractivity contribution < 1.29 is 37.2 Å². The second kappa shape index (κ2) is 8.57. The Morgan fingerprint density at radius 3 is 2.68 bits per heavy atom. The van der Waals surface area contributed by atoms with Crippen molar-refractivity contribution in [1.29, 1.82) is 5.26 Å². The summed E-state index contributed by atoms with van der Waals surface area (Å²) in [5, 5.41) is 22.2. The van der Waals surface area contributed by atoms with Gasteiger partial charge in [-0.25, -0.2) is 0 Å². The van der Waals surface area contributed by atoms with Crippen molar-refractivity contribution in [1.82, 2.24) is 5.32 Å². The molecular formula is C19H14BClF3N2O5. The van der Waals surface area contributed by atoms with Crippen LogP contribution in [-0.4, -0.2) is 37.0 Å². The van der Waals surface area contributed by atoms with Gasteiger partial charge in [-0.15, -0.1) is 13.2 Å². The Balaban J connectivity index is 1.69. The van der Waals surface area contributed by atoms with Gasteiger partial charge in [-0.05, 0) is 48.3 Å². The summed E-state index contributed by atoms with van der Waals surface area (Å²) in [6, 6.07) is 7.51. The standard InChI is InChI=1S/C19H14BClF3N2O5/c1-18(8-25,9-29-16-13(27)6-11-7-30-20-14(11)15(16)21)26-17(28)10-2-4-12(5-3-10)31-19(22,23)24/h2-6,27H,7,9H2,1H3,(H,26,28)/t18-/m0/s1. The molecule has 1 amide bonds. The molecular weight excluding hydrogens is 439 g/mol. The molecule has 0 aliphatic carbocycles. The Morgan fingerprint density at radius 1 is 1.39 bits per heavy atom. The molecule has 7 nitrogen and oxygen atoms in total. The van der Waals surface area contributed by atoms with Gasteiger partial charge in [0.05, 0.1) is 17.7 Å². The summed E-state index contributed by atoms with van der Waals surface area (Å²) in [5.41, 5.74) is -0.337. The first kappa shape index (κ1) is 22.6. The fraction of sp³-hybridized carbons (Fsp3) is 0.263. The number of carbonyl (C=O) groups is 1. The van der Waals surface area contributed by atoms with Gasteiger partial charge in [-0.2, -0.15) is 5.26 Å². The predicted molar refractivity (Wildman–Crippen MR) is 103 cm³/mol. The summed E-state index contributed by atoms with van der Waals surface area (Å²) in [5.74, 6) is -1.55. The van der Waals surface area contributed by atoms with E-state index in [9.17, 15) is 28.3 Å². The third-order valence-electron chi connectivity index (χ3n) is 4.26. The summed E-state index contributed by atoms with van der Waals surface area (Å²) >= 11 is 6.24. The number of alkyl halides is 3. The van der Waals surface area contributed by atoms with E-state index in [4.69, 9.17) is 21.0 Å². The number of benzene rings is 2. The summed E-state index contributed by atoms with van der Waals surface area (Å²) in [6.07, 6.45) is -4.85. The summed E-state index contributed by atoms with van der Waals surface area (Å²) < 4.78 is 51.1. The zero-order valence-corrected chi connectivity index (χ0v) is 16.7. The molecule has 0 fully saturated rings. The average molecular weight is 454 g/mol. The number of ether oxygens (including phenoxy) is 2. The van der Waals surface area contributed by atoms with Crippen molar-refractivity contribution in [2.24, 2.45) is 0 Å². The average Bonchev–Trinajstić information content (AvgIpc) is 3.15. The number of nitrogens with one attached hydrogen (secondary N) is 1. The quantitative estimate of drug-likeness (QED) is 0.653. The lowest BCUT2D eigenvalue weighted by atomic mass is 9.87. The molecule has 0 bridgehead atoms. The summed E-state index contributed by atoms with van der Waals surface area (Å²) in [4.78, 5) is 12.4. The Hall–Kier alpha value is -3.10. The van der Waals surface area contributed by atoms with Crippen LogP contribution in [0.5, 0.6) is 17.2 Å². The fourth-order valence-electron chi connectivity index (χ4n) is 2.73. The lowest BCUT2D eigenvalue weighted by Gasteiger charge is -2.24. The van der Waals surface area contributed by atoms with Crippen LogP contribution >= 0.6 is 11.6 Å². The predicted octanol–water partition coefficient (Wildman–Crippen LogP) is 2.81. The van der Waals surface area contributed by atoms with Gasteiger partial charge in [0.25, 0.3) is 5.91 Å². The van der Waals surface area contributed by atoms with E-state index in [0.29, 0.717) is 11.0 Å². The molecule has 1 aliphatic rings.